The number of rotatable bonds is 2. The molecule has 17 heavy (non-hydrogen) atoms. The van der Waals surface area contributed by atoms with Crippen molar-refractivity contribution in [2.24, 2.45) is 0 Å². The van der Waals surface area contributed by atoms with Gasteiger partial charge in [-0.3, -0.25) is 0 Å². The first-order chi connectivity index (χ1) is 7.97. The van der Waals surface area contributed by atoms with Crippen LogP contribution in [0.25, 0.3) is 11.4 Å². The summed E-state index contributed by atoms with van der Waals surface area (Å²) in [6.07, 6.45) is 1.78. The maximum Gasteiger partial charge on any atom is 0.158 e. The van der Waals surface area contributed by atoms with Gasteiger partial charge in [-0.1, -0.05) is 19.6 Å². The van der Waals surface area contributed by atoms with Gasteiger partial charge in [0.15, 0.2) is 5.82 Å². The minimum Gasteiger partial charge on any atom is -0.238 e. The van der Waals surface area contributed by atoms with Gasteiger partial charge in [0.1, 0.15) is 13.9 Å². The number of aromatic nitrogens is 2. The third kappa shape index (κ3) is 2.77. The van der Waals surface area contributed by atoms with Crippen LogP contribution in [-0.4, -0.2) is 18.0 Å². The molecule has 2 nitrogen and oxygen atoms in total. The zero-order valence-electron chi connectivity index (χ0n) is 10.2. The lowest BCUT2D eigenvalue weighted by Gasteiger charge is -2.15. The van der Waals surface area contributed by atoms with Crippen molar-refractivity contribution >= 4 is 13.4 Å². The summed E-state index contributed by atoms with van der Waals surface area (Å²) < 4.78 is 12.8. The Labute approximate surface area is 102 Å². The van der Waals surface area contributed by atoms with Crippen molar-refractivity contribution in [1.82, 2.24) is 9.97 Å². The van der Waals surface area contributed by atoms with E-state index in [0.717, 1.165) is 10.9 Å². The van der Waals surface area contributed by atoms with Crippen molar-refractivity contribution in [2.45, 2.75) is 19.6 Å². The van der Waals surface area contributed by atoms with Gasteiger partial charge in [-0.15, -0.1) is 0 Å². The summed E-state index contributed by atoms with van der Waals surface area (Å²) in [5.74, 6) is 0.431. The van der Waals surface area contributed by atoms with Gasteiger partial charge in [-0.05, 0) is 30.3 Å². The van der Waals surface area contributed by atoms with Crippen molar-refractivity contribution in [3.05, 3.63) is 42.3 Å². The van der Waals surface area contributed by atoms with Crippen molar-refractivity contribution in [3.63, 3.8) is 0 Å². The molecular formula is C13H15FN2Si. The third-order valence-electron chi connectivity index (χ3n) is 2.53. The zero-order valence-corrected chi connectivity index (χ0v) is 11.2. The maximum absolute atomic E-state index is 12.8. The summed E-state index contributed by atoms with van der Waals surface area (Å²) in [6, 6.07) is 8.25. The Morgan fingerprint density at radius 1 is 1.00 bits per heavy atom. The molecule has 0 aliphatic rings. The minimum atomic E-state index is -1.43. The highest BCUT2D eigenvalue weighted by molar-refractivity contribution is 6.88. The highest BCUT2D eigenvalue weighted by atomic mass is 28.3. The molecule has 0 aliphatic carbocycles. The molecule has 88 valence electrons. The Morgan fingerprint density at radius 2 is 1.65 bits per heavy atom. The van der Waals surface area contributed by atoms with E-state index in [-0.39, 0.29) is 5.82 Å². The van der Waals surface area contributed by atoms with Crippen LogP contribution in [0.2, 0.25) is 19.6 Å². The van der Waals surface area contributed by atoms with Gasteiger partial charge in [0.2, 0.25) is 0 Å². The lowest BCUT2D eigenvalue weighted by molar-refractivity contribution is 0.628. The van der Waals surface area contributed by atoms with Crippen LogP contribution < -0.4 is 5.32 Å². The molecule has 0 saturated heterocycles. The van der Waals surface area contributed by atoms with Crippen LogP contribution >= 0.6 is 0 Å². The highest BCUT2D eigenvalue weighted by Crippen LogP contribution is 2.14. The standard InChI is InChI=1S/C13H15FN2Si/c1-17(2,3)12-8-9-15-13(16-12)10-4-6-11(14)7-5-10/h4-9H,1-3H3. The normalized spacial score (nSPS) is 11.5. The predicted octanol–water partition coefficient (Wildman–Crippen LogP) is 2.83. The molecule has 2 rings (SSSR count). The monoisotopic (exact) mass is 246 g/mol. The second-order valence-corrected chi connectivity index (χ2v) is 10.0. The van der Waals surface area contributed by atoms with E-state index in [1.165, 1.54) is 12.1 Å². The van der Waals surface area contributed by atoms with Crippen LogP contribution in [-0.2, 0) is 0 Å². The van der Waals surface area contributed by atoms with Gasteiger partial charge in [-0.2, -0.15) is 0 Å². The quantitative estimate of drug-likeness (QED) is 0.761. The zero-order chi connectivity index (χ0) is 12.5. The molecule has 0 fully saturated rings. The summed E-state index contributed by atoms with van der Waals surface area (Å²) >= 11 is 0. The van der Waals surface area contributed by atoms with Crippen LogP contribution in [0, 0.1) is 5.82 Å². The molecule has 0 N–H and O–H groups in total. The van der Waals surface area contributed by atoms with Gasteiger partial charge in [-0.25, -0.2) is 14.4 Å². The lowest BCUT2D eigenvalue weighted by atomic mass is 10.2. The third-order valence-corrected chi connectivity index (χ3v) is 4.34. The number of halogens is 1. The van der Waals surface area contributed by atoms with E-state index in [9.17, 15) is 4.39 Å². The van der Waals surface area contributed by atoms with E-state index < -0.39 is 8.07 Å². The molecule has 0 radical (unpaired) electrons. The second-order valence-electron chi connectivity index (χ2n) is 5.02. The number of hydrogen-bond donors (Lipinski definition) is 0. The summed E-state index contributed by atoms with van der Waals surface area (Å²) in [6.45, 7) is 6.72. The van der Waals surface area contributed by atoms with E-state index in [0.29, 0.717) is 5.82 Å². The molecule has 2 aromatic rings. The highest BCUT2D eigenvalue weighted by Gasteiger charge is 2.18. The average Bonchev–Trinajstić information content (AvgIpc) is 2.29. The molecule has 1 aromatic heterocycles. The smallest absolute Gasteiger partial charge is 0.158 e. The fourth-order valence-corrected chi connectivity index (χ4v) is 2.53. The molecular weight excluding hydrogens is 231 g/mol. The first-order valence-corrected chi connectivity index (χ1v) is 9.06. The van der Waals surface area contributed by atoms with E-state index >= 15 is 0 Å². The Morgan fingerprint density at radius 3 is 2.24 bits per heavy atom. The molecule has 1 aromatic carbocycles. The van der Waals surface area contributed by atoms with Gasteiger partial charge in [0.25, 0.3) is 0 Å². The molecule has 0 atom stereocenters. The largest absolute Gasteiger partial charge is 0.238 e. The minimum absolute atomic E-state index is 0.241. The molecule has 0 unspecified atom stereocenters. The molecule has 0 aliphatic heterocycles. The van der Waals surface area contributed by atoms with Gasteiger partial charge in [0, 0.05) is 17.1 Å². The number of hydrogen-bond acceptors (Lipinski definition) is 2. The van der Waals surface area contributed by atoms with Crippen LogP contribution in [0.1, 0.15) is 0 Å². The van der Waals surface area contributed by atoms with Crippen molar-refractivity contribution in [1.29, 1.82) is 0 Å². The van der Waals surface area contributed by atoms with E-state index in [4.69, 9.17) is 0 Å². The Bertz CT molecular complexity index is 518. The lowest BCUT2D eigenvalue weighted by Crippen LogP contribution is -2.40. The van der Waals surface area contributed by atoms with E-state index in [2.05, 4.69) is 29.6 Å². The van der Waals surface area contributed by atoms with Crippen LogP contribution in [0.3, 0.4) is 0 Å². The van der Waals surface area contributed by atoms with Crippen LogP contribution in [0.15, 0.2) is 36.5 Å². The summed E-state index contributed by atoms with van der Waals surface area (Å²) in [5.41, 5.74) is 0.853. The van der Waals surface area contributed by atoms with Gasteiger partial charge in [0.05, 0.1) is 0 Å². The molecule has 0 bridgehead atoms. The second kappa shape index (κ2) is 4.37. The Hall–Kier alpha value is -1.55. The Balaban J connectivity index is 2.43. The average molecular weight is 246 g/mol. The van der Waals surface area contributed by atoms with E-state index in [1.54, 1.807) is 18.3 Å². The fraction of sp³-hybridized carbons (Fsp3) is 0.231. The predicted molar refractivity (Wildman–Crippen MR) is 70.4 cm³/mol. The van der Waals surface area contributed by atoms with Crippen molar-refractivity contribution < 1.29 is 4.39 Å². The summed E-state index contributed by atoms with van der Waals surface area (Å²) in [5, 5.41) is 1.12. The first kappa shape index (κ1) is 11.9. The van der Waals surface area contributed by atoms with Crippen LogP contribution in [0.4, 0.5) is 4.39 Å². The fourth-order valence-electron chi connectivity index (χ4n) is 1.51. The maximum atomic E-state index is 12.8. The molecule has 4 heteroatoms. The Kier molecular flexibility index (Phi) is 3.06. The molecule has 0 spiro atoms. The summed E-state index contributed by atoms with van der Waals surface area (Å²) in [7, 11) is -1.43. The van der Waals surface area contributed by atoms with Crippen molar-refractivity contribution in [3.8, 4) is 11.4 Å². The SMILES string of the molecule is C[Si](C)(C)c1ccnc(-c2ccc(F)cc2)n1. The van der Waals surface area contributed by atoms with Crippen molar-refractivity contribution in [2.75, 3.05) is 0 Å². The molecule has 0 saturated carbocycles. The van der Waals surface area contributed by atoms with E-state index in [1.807, 2.05) is 6.07 Å². The number of benzene rings is 1. The first-order valence-electron chi connectivity index (χ1n) is 5.56. The topological polar surface area (TPSA) is 25.8 Å². The van der Waals surface area contributed by atoms with Gasteiger partial charge < -0.3 is 0 Å². The number of nitrogens with zero attached hydrogens (tertiary/aromatic N) is 2. The molecule has 1 heterocycles. The molecule has 0 amide bonds. The van der Waals surface area contributed by atoms with Crippen LogP contribution in [0.5, 0.6) is 0 Å². The summed E-state index contributed by atoms with van der Waals surface area (Å²) in [4.78, 5) is 8.81. The van der Waals surface area contributed by atoms with Gasteiger partial charge >= 0.3 is 0 Å².